The molecule has 0 aliphatic carbocycles. The second kappa shape index (κ2) is 5.35. The predicted octanol–water partition coefficient (Wildman–Crippen LogP) is 0.582. The first-order valence-electron chi connectivity index (χ1n) is 4.07. The molecule has 0 aromatic heterocycles. The van der Waals surface area contributed by atoms with E-state index < -0.39 is 12.1 Å². The summed E-state index contributed by atoms with van der Waals surface area (Å²) in [6.45, 7) is 5.03. The summed E-state index contributed by atoms with van der Waals surface area (Å²) in [4.78, 5) is 23.5. The largest absolute Gasteiger partial charge is 0.449 e. The quantitative estimate of drug-likeness (QED) is 0.475. The molecule has 13 heavy (non-hydrogen) atoms. The van der Waals surface area contributed by atoms with E-state index in [1.165, 1.54) is 4.90 Å². The van der Waals surface area contributed by atoms with Crippen LogP contribution in [0.4, 0.5) is 0 Å². The number of ether oxygens (including phenoxy) is 1. The van der Waals surface area contributed by atoms with Crippen LogP contribution in [-0.4, -0.2) is 37.0 Å². The van der Waals surface area contributed by atoms with Gasteiger partial charge in [-0.2, -0.15) is 0 Å². The number of hydrogen-bond donors (Lipinski definition) is 0. The molecule has 4 heteroatoms. The summed E-state index contributed by atoms with van der Waals surface area (Å²) in [5.74, 6) is -0.778. The van der Waals surface area contributed by atoms with Gasteiger partial charge in [-0.15, -0.1) is 0 Å². The van der Waals surface area contributed by atoms with E-state index in [0.717, 1.165) is 6.08 Å². The van der Waals surface area contributed by atoms with Crippen LogP contribution in [0.1, 0.15) is 13.3 Å². The Balaban J connectivity index is 4.26. The fourth-order valence-corrected chi connectivity index (χ4v) is 0.785. The summed E-state index contributed by atoms with van der Waals surface area (Å²) in [6.07, 6.45) is 0.822. The van der Waals surface area contributed by atoms with E-state index in [1.807, 2.05) is 0 Å². The lowest BCUT2D eigenvalue weighted by molar-refractivity contribution is -0.155. The minimum atomic E-state index is -0.694. The van der Waals surface area contributed by atoms with Crippen LogP contribution in [0.5, 0.6) is 0 Å². The van der Waals surface area contributed by atoms with Crippen molar-refractivity contribution in [2.75, 3.05) is 14.1 Å². The number of hydrogen-bond acceptors (Lipinski definition) is 3. The third kappa shape index (κ3) is 3.73. The van der Waals surface area contributed by atoms with E-state index in [4.69, 9.17) is 4.74 Å². The molecule has 74 valence electrons. The van der Waals surface area contributed by atoms with Gasteiger partial charge in [0.1, 0.15) is 0 Å². The van der Waals surface area contributed by atoms with E-state index >= 15 is 0 Å². The topological polar surface area (TPSA) is 46.6 Å². The third-order valence-corrected chi connectivity index (χ3v) is 1.51. The van der Waals surface area contributed by atoms with Crippen molar-refractivity contribution in [1.82, 2.24) is 4.90 Å². The van der Waals surface area contributed by atoms with Crippen molar-refractivity contribution in [1.29, 1.82) is 0 Å². The van der Waals surface area contributed by atoms with Gasteiger partial charge < -0.3 is 9.64 Å². The monoisotopic (exact) mass is 185 g/mol. The molecular formula is C9H15NO3. The van der Waals surface area contributed by atoms with E-state index in [0.29, 0.717) is 6.42 Å². The van der Waals surface area contributed by atoms with Gasteiger partial charge in [0, 0.05) is 20.2 Å². The molecule has 0 aliphatic heterocycles. The number of amides is 1. The highest BCUT2D eigenvalue weighted by Crippen LogP contribution is 2.02. The van der Waals surface area contributed by atoms with Crippen molar-refractivity contribution in [2.24, 2.45) is 0 Å². The molecule has 0 rings (SSSR count). The van der Waals surface area contributed by atoms with Gasteiger partial charge in [-0.1, -0.05) is 13.5 Å². The summed E-state index contributed by atoms with van der Waals surface area (Å²) < 4.78 is 4.82. The van der Waals surface area contributed by atoms with Crippen molar-refractivity contribution in [3.8, 4) is 0 Å². The highest BCUT2D eigenvalue weighted by atomic mass is 16.5. The lowest BCUT2D eigenvalue weighted by Gasteiger charge is -2.18. The molecule has 1 atom stereocenters. The van der Waals surface area contributed by atoms with Crippen molar-refractivity contribution < 1.29 is 14.3 Å². The third-order valence-electron chi connectivity index (χ3n) is 1.51. The normalized spacial score (nSPS) is 11.6. The fraction of sp³-hybridized carbons (Fsp3) is 0.556. The van der Waals surface area contributed by atoms with Crippen molar-refractivity contribution >= 4 is 11.9 Å². The maximum Gasteiger partial charge on any atom is 0.330 e. The van der Waals surface area contributed by atoms with Crippen LogP contribution in [0, 0.1) is 0 Å². The van der Waals surface area contributed by atoms with Crippen LogP contribution in [0.3, 0.4) is 0 Å². The molecule has 1 amide bonds. The van der Waals surface area contributed by atoms with Gasteiger partial charge in [0.2, 0.25) is 0 Å². The molecule has 4 nitrogen and oxygen atoms in total. The lowest BCUT2D eigenvalue weighted by atomic mass is 10.2. The van der Waals surface area contributed by atoms with Crippen LogP contribution in [0.25, 0.3) is 0 Å². The smallest absolute Gasteiger partial charge is 0.330 e. The molecule has 0 N–H and O–H groups in total. The summed E-state index contributed by atoms with van der Waals surface area (Å²) in [5.41, 5.74) is 0. The molecule has 0 saturated heterocycles. The van der Waals surface area contributed by atoms with Gasteiger partial charge >= 0.3 is 5.97 Å². The zero-order valence-corrected chi connectivity index (χ0v) is 8.24. The molecule has 0 saturated carbocycles. The van der Waals surface area contributed by atoms with E-state index in [1.54, 1.807) is 21.0 Å². The summed E-state index contributed by atoms with van der Waals surface area (Å²) in [6, 6.07) is 0. The number of esters is 1. The number of carbonyl (C=O) groups excluding carboxylic acids is 2. The van der Waals surface area contributed by atoms with Crippen molar-refractivity contribution in [3.63, 3.8) is 0 Å². The van der Waals surface area contributed by atoms with Gasteiger partial charge in [0.05, 0.1) is 0 Å². The molecule has 0 fully saturated rings. The molecule has 0 bridgehead atoms. The van der Waals surface area contributed by atoms with Crippen molar-refractivity contribution in [2.45, 2.75) is 19.4 Å². The number of likely N-dealkylation sites (N-methyl/N-ethyl adjacent to an activating group) is 1. The fourth-order valence-electron chi connectivity index (χ4n) is 0.785. The zero-order chi connectivity index (χ0) is 10.4. The predicted molar refractivity (Wildman–Crippen MR) is 49.1 cm³/mol. The molecule has 0 spiro atoms. The first kappa shape index (κ1) is 11.7. The van der Waals surface area contributed by atoms with E-state index in [2.05, 4.69) is 6.58 Å². The average Bonchev–Trinajstić information content (AvgIpc) is 2.12. The zero-order valence-electron chi connectivity index (χ0n) is 8.24. The molecule has 0 aliphatic rings. The molecular weight excluding hydrogens is 170 g/mol. The highest BCUT2D eigenvalue weighted by molar-refractivity contribution is 5.87. The van der Waals surface area contributed by atoms with Gasteiger partial charge in [-0.3, -0.25) is 4.79 Å². The molecule has 0 heterocycles. The number of carbonyl (C=O) groups is 2. The maximum atomic E-state index is 11.3. The number of nitrogens with zero attached hydrogens (tertiary/aromatic N) is 1. The highest BCUT2D eigenvalue weighted by Gasteiger charge is 2.21. The second-order valence-electron chi connectivity index (χ2n) is 2.77. The van der Waals surface area contributed by atoms with Crippen LogP contribution in [-0.2, 0) is 14.3 Å². The Kier molecular flexibility index (Phi) is 4.80. The minimum absolute atomic E-state index is 0.210. The SMILES string of the molecule is C=CC(=O)OC(CC)C(=O)N(C)C. The van der Waals surface area contributed by atoms with Gasteiger partial charge in [-0.25, -0.2) is 4.79 Å². The molecule has 0 radical (unpaired) electrons. The second-order valence-corrected chi connectivity index (χ2v) is 2.77. The van der Waals surface area contributed by atoms with Gasteiger partial charge in [0.15, 0.2) is 6.10 Å². The Bertz CT molecular complexity index is 211. The first-order chi connectivity index (χ1) is 6.02. The van der Waals surface area contributed by atoms with Gasteiger partial charge in [0.25, 0.3) is 5.91 Å². The summed E-state index contributed by atoms with van der Waals surface area (Å²) in [7, 11) is 3.24. The van der Waals surface area contributed by atoms with Crippen LogP contribution >= 0.6 is 0 Å². The summed E-state index contributed by atoms with van der Waals surface area (Å²) in [5, 5.41) is 0. The summed E-state index contributed by atoms with van der Waals surface area (Å²) >= 11 is 0. The first-order valence-corrected chi connectivity index (χ1v) is 4.07. The van der Waals surface area contributed by atoms with E-state index in [9.17, 15) is 9.59 Å². The van der Waals surface area contributed by atoms with Crippen LogP contribution in [0.2, 0.25) is 0 Å². The average molecular weight is 185 g/mol. The Morgan fingerprint density at radius 2 is 2.08 bits per heavy atom. The van der Waals surface area contributed by atoms with Crippen LogP contribution in [0.15, 0.2) is 12.7 Å². The van der Waals surface area contributed by atoms with Crippen LogP contribution < -0.4 is 0 Å². The Morgan fingerprint density at radius 1 is 1.54 bits per heavy atom. The van der Waals surface area contributed by atoms with E-state index in [-0.39, 0.29) is 5.91 Å². The molecule has 0 aromatic carbocycles. The Labute approximate surface area is 78.2 Å². The van der Waals surface area contributed by atoms with Gasteiger partial charge in [-0.05, 0) is 6.42 Å². The molecule has 1 unspecified atom stereocenters. The Morgan fingerprint density at radius 3 is 2.38 bits per heavy atom. The maximum absolute atomic E-state index is 11.3. The number of rotatable bonds is 4. The standard InChI is InChI=1S/C9H15NO3/c1-5-7(9(12)10(3)4)13-8(11)6-2/h6-7H,2,5H2,1,3-4H3. The Hall–Kier alpha value is -1.32. The lowest BCUT2D eigenvalue weighted by Crippen LogP contribution is -2.36. The van der Waals surface area contributed by atoms with Crippen molar-refractivity contribution in [3.05, 3.63) is 12.7 Å². The molecule has 0 aromatic rings. The minimum Gasteiger partial charge on any atom is -0.449 e.